The van der Waals surface area contributed by atoms with E-state index < -0.39 is 0 Å². The molecule has 1 amide bonds. The van der Waals surface area contributed by atoms with Gasteiger partial charge in [-0.1, -0.05) is 6.07 Å². The number of hydrogen-bond acceptors (Lipinski definition) is 4. The van der Waals surface area contributed by atoms with Crippen LogP contribution in [0.25, 0.3) is 0 Å². The van der Waals surface area contributed by atoms with Crippen molar-refractivity contribution in [3.63, 3.8) is 0 Å². The molecule has 0 unspecified atom stereocenters. The lowest BCUT2D eigenvalue weighted by Gasteiger charge is -2.34. The molecule has 2 heterocycles. The quantitative estimate of drug-likeness (QED) is 0.916. The van der Waals surface area contributed by atoms with Crippen LogP contribution in [0.15, 0.2) is 24.4 Å². The van der Waals surface area contributed by atoms with Crippen LogP contribution in [0.1, 0.15) is 31.4 Å². The van der Waals surface area contributed by atoms with Gasteiger partial charge in [-0.25, -0.2) is 0 Å². The zero-order chi connectivity index (χ0) is 14.5. The minimum atomic E-state index is -0.384. The fourth-order valence-electron chi connectivity index (χ4n) is 3.11. The Morgan fingerprint density at radius 1 is 1.29 bits per heavy atom. The number of carbonyl (C=O) groups is 1. The highest BCUT2D eigenvalue weighted by Crippen LogP contribution is 2.38. The Bertz CT molecular complexity index is 462. The van der Waals surface area contributed by atoms with E-state index in [1.807, 2.05) is 18.2 Å². The molecule has 21 heavy (non-hydrogen) atoms. The molecule has 2 fully saturated rings. The molecule has 5 nitrogen and oxygen atoms in total. The third kappa shape index (κ3) is 3.60. The number of rotatable bonds is 4. The molecule has 0 atom stereocenters. The zero-order valence-electron chi connectivity index (χ0n) is 12.2. The number of nitrogens with zero attached hydrogens (tertiary/aromatic N) is 1. The second-order valence-electron chi connectivity index (χ2n) is 5.74. The van der Waals surface area contributed by atoms with Crippen LogP contribution in [-0.2, 0) is 20.7 Å². The van der Waals surface area contributed by atoms with Gasteiger partial charge >= 0.3 is 0 Å². The summed E-state index contributed by atoms with van der Waals surface area (Å²) in [5.41, 5.74) is 1.01. The van der Waals surface area contributed by atoms with Crippen molar-refractivity contribution in [3.05, 3.63) is 30.1 Å². The maximum atomic E-state index is 12.2. The summed E-state index contributed by atoms with van der Waals surface area (Å²) >= 11 is 0. The molecule has 1 aromatic rings. The molecule has 0 radical (unpaired) electrons. The molecule has 0 aromatic carbocycles. The molecule has 1 saturated carbocycles. The van der Waals surface area contributed by atoms with Crippen molar-refractivity contribution in [2.75, 3.05) is 19.8 Å². The van der Waals surface area contributed by atoms with Crippen LogP contribution in [-0.4, -0.2) is 36.4 Å². The first-order chi connectivity index (χ1) is 10.3. The average molecular weight is 290 g/mol. The minimum absolute atomic E-state index is 0.0900. The Balaban J connectivity index is 1.40. The minimum Gasteiger partial charge on any atom is -0.355 e. The Morgan fingerprint density at radius 2 is 2.05 bits per heavy atom. The van der Waals surface area contributed by atoms with Gasteiger partial charge in [-0.05, 0) is 25.0 Å². The van der Waals surface area contributed by atoms with Gasteiger partial charge in [-0.3, -0.25) is 9.78 Å². The van der Waals surface area contributed by atoms with E-state index in [4.69, 9.17) is 9.47 Å². The van der Waals surface area contributed by atoms with Gasteiger partial charge < -0.3 is 14.8 Å². The van der Waals surface area contributed by atoms with Gasteiger partial charge in [-0.2, -0.15) is 0 Å². The van der Waals surface area contributed by atoms with Crippen molar-refractivity contribution < 1.29 is 14.3 Å². The van der Waals surface area contributed by atoms with E-state index in [1.165, 1.54) is 0 Å². The molecule has 1 aliphatic heterocycles. The molecule has 1 aliphatic carbocycles. The maximum absolute atomic E-state index is 12.2. The van der Waals surface area contributed by atoms with Crippen molar-refractivity contribution in [2.24, 2.45) is 5.92 Å². The Labute approximate surface area is 125 Å². The number of nitrogens with one attached hydrogen (secondary N) is 1. The van der Waals surface area contributed by atoms with Gasteiger partial charge in [0.1, 0.15) is 0 Å². The van der Waals surface area contributed by atoms with Crippen LogP contribution in [0.3, 0.4) is 0 Å². The van der Waals surface area contributed by atoms with Crippen LogP contribution < -0.4 is 5.32 Å². The van der Waals surface area contributed by atoms with Crippen LogP contribution in [0.4, 0.5) is 0 Å². The van der Waals surface area contributed by atoms with E-state index in [1.54, 1.807) is 6.20 Å². The van der Waals surface area contributed by atoms with Gasteiger partial charge in [0.25, 0.3) is 0 Å². The van der Waals surface area contributed by atoms with Crippen LogP contribution in [0.5, 0.6) is 0 Å². The number of carbonyl (C=O) groups excluding carboxylic acids is 1. The monoisotopic (exact) mass is 290 g/mol. The van der Waals surface area contributed by atoms with Crippen molar-refractivity contribution in [3.8, 4) is 0 Å². The highest BCUT2D eigenvalue weighted by molar-refractivity contribution is 5.78. The van der Waals surface area contributed by atoms with Crippen LogP contribution in [0, 0.1) is 5.92 Å². The van der Waals surface area contributed by atoms with Crippen molar-refractivity contribution in [1.82, 2.24) is 10.3 Å². The Kier molecular flexibility index (Phi) is 4.51. The molecular weight excluding hydrogens is 268 g/mol. The van der Waals surface area contributed by atoms with Gasteiger partial charge in [-0.15, -0.1) is 0 Å². The second-order valence-corrected chi connectivity index (χ2v) is 5.74. The van der Waals surface area contributed by atoms with E-state index in [9.17, 15) is 4.79 Å². The number of ether oxygens (including phenoxy) is 2. The van der Waals surface area contributed by atoms with E-state index in [0.29, 0.717) is 19.8 Å². The third-order valence-corrected chi connectivity index (χ3v) is 4.34. The van der Waals surface area contributed by atoms with Gasteiger partial charge in [0.05, 0.1) is 13.2 Å². The summed E-state index contributed by atoms with van der Waals surface area (Å²) in [6.07, 6.45) is 5.89. The molecule has 1 spiro atoms. The fourth-order valence-corrected chi connectivity index (χ4v) is 3.11. The van der Waals surface area contributed by atoms with E-state index in [0.717, 1.165) is 37.8 Å². The summed E-state index contributed by atoms with van der Waals surface area (Å²) < 4.78 is 11.4. The first kappa shape index (κ1) is 14.5. The van der Waals surface area contributed by atoms with Crippen molar-refractivity contribution >= 4 is 5.91 Å². The number of hydrogen-bond donors (Lipinski definition) is 1. The SMILES string of the molecule is O=C(NCCc1ccccn1)C1CCC2(CC1)OCCO2. The molecule has 1 saturated heterocycles. The number of aromatic nitrogens is 1. The second kappa shape index (κ2) is 6.54. The molecule has 3 rings (SSSR count). The van der Waals surface area contributed by atoms with Crippen LogP contribution >= 0.6 is 0 Å². The lowest BCUT2D eigenvalue weighted by atomic mass is 9.84. The third-order valence-electron chi connectivity index (χ3n) is 4.34. The fraction of sp³-hybridized carbons (Fsp3) is 0.625. The number of pyridine rings is 1. The summed E-state index contributed by atoms with van der Waals surface area (Å²) in [6, 6.07) is 5.84. The first-order valence-corrected chi connectivity index (χ1v) is 7.73. The summed E-state index contributed by atoms with van der Waals surface area (Å²) in [7, 11) is 0. The Morgan fingerprint density at radius 3 is 2.71 bits per heavy atom. The van der Waals surface area contributed by atoms with Gasteiger partial charge in [0, 0.05) is 43.6 Å². The standard InChI is InChI=1S/C16H22N2O3/c19-15(18-10-6-14-3-1-2-9-17-14)13-4-7-16(8-5-13)20-11-12-21-16/h1-3,9,13H,4-8,10-12H2,(H,18,19). The Hall–Kier alpha value is -1.46. The largest absolute Gasteiger partial charge is 0.355 e. The van der Waals surface area contributed by atoms with Crippen molar-refractivity contribution in [2.45, 2.75) is 37.9 Å². The summed E-state index contributed by atoms with van der Waals surface area (Å²) in [4.78, 5) is 16.4. The lowest BCUT2D eigenvalue weighted by molar-refractivity contribution is -0.183. The molecule has 5 heteroatoms. The topological polar surface area (TPSA) is 60.5 Å². The summed E-state index contributed by atoms with van der Waals surface area (Å²) in [6.45, 7) is 2.01. The molecular formula is C16H22N2O3. The molecule has 1 aromatic heterocycles. The van der Waals surface area contributed by atoms with Gasteiger partial charge in [0.2, 0.25) is 5.91 Å². The summed E-state index contributed by atoms with van der Waals surface area (Å²) in [5, 5.41) is 3.02. The molecule has 114 valence electrons. The molecule has 0 bridgehead atoms. The smallest absolute Gasteiger partial charge is 0.223 e. The normalized spacial score (nSPS) is 21.5. The average Bonchev–Trinajstić information content (AvgIpc) is 2.97. The highest BCUT2D eigenvalue weighted by atomic mass is 16.7. The predicted molar refractivity (Wildman–Crippen MR) is 77.5 cm³/mol. The first-order valence-electron chi connectivity index (χ1n) is 7.73. The maximum Gasteiger partial charge on any atom is 0.223 e. The van der Waals surface area contributed by atoms with E-state index in [2.05, 4.69) is 10.3 Å². The van der Waals surface area contributed by atoms with E-state index >= 15 is 0 Å². The summed E-state index contributed by atoms with van der Waals surface area (Å²) in [5.74, 6) is -0.143. The highest BCUT2D eigenvalue weighted by Gasteiger charge is 2.41. The molecule has 1 N–H and O–H groups in total. The predicted octanol–water partition coefficient (Wildman–Crippen LogP) is 1.67. The van der Waals surface area contributed by atoms with Crippen molar-refractivity contribution in [1.29, 1.82) is 0 Å². The molecule has 2 aliphatic rings. The zero-order valence-corrected chi connectivity index (χ0v) is 12.2. The van der Waals surface area contributed by atoms with Crippen LogP contribution in [0.2, 0.25) is 0 Å². The number of amides is 1. The lowest BCUT2D eigenvalue weighted by Crippen LogP contribution is -2.40. The van der Waals surface area contributed by atoms with E-state index in [-0.39, 0.29) is 17.6 Å². The van der Waals surface area contributed by atoms with Gasteiger partial charge in [0.15, 0.2) is 5.79 Å².